The number of hydrogen-bond donors (Lipinski definition) is 2. The Bertz CT molecular complexity index is 1010. The number of para-hydroxylation sites is 1. The molecule has 2 aromatic carbocycles. The topological polar surface area (TPSA) is 76.0 Å². The van der Waals surface area contributed by atoms with Crippen LogP contribution in [-0.4, -0.2) is 30.0 Å². The molecule has 1 aromatic heterocycles. The minimum Gasteiger partial charge on any atom is -0.507 e. The van der Waals surface area contributed by atoms with Gasteiger partial charge in [-0.2, -0.15) is 5.10 Å². The van der Waals surface area contributed by atoms with Gasteiger partial charge in [-0.15, -0.1) is 11.3 Å². The Morgan fingerprint density at radius 2 is 1.93 bits per heavy atom. The lowest BCUT2D eigenvalue weighted by Crippen LogP contribution is -1.94. The van der Waals surface area contributed by atoms with Gasteiger partial charge in [0.15, 0.2) is 11.5 Å². The van der Waals surface area contributed by atoms with Crippen LogP contribution in [0.5, 0.6) is 17.2 Å². The van der Waals surface area contributed by atoms with Gasteiger partial charge in [0.05, 0.1) is 25.6 Å². The molecule has 3 aromatic rings. The molecule has 1 heterocycles. The number of phenols is 1. The zero-order chi connectivity index (χ0) is 19.9. The second-order valence-electron chi connectivity index (χ2n) is 5.87. The molecule has 0 unspecified atom stereocenters. The number of nitrogens with one attached hydrogen (secondary N) is 1. The van der Waals surface area contributed by atoms with E-state index in [2.05, 4.69) is 15.5 Å². The van der Waals surface area contributed by atoms with Gasteiger partial charge in [0.25, 0.3) is 0 Å². The number of thiazole rings is 1. The molecule has 0 aliphatic carbocycles. The first kappa shape index (κ1) is 19.4. The van der Waals surface area contributed by atoms with Crippen molar-refractivity contribution in [1.82, 2.24) is 4.98 Å². The van der Waals surface area contributed by atoms with Crippen LogP contribution in [0, 0.1) is 0 Å². The minimum absolute atomic E-state index is 0.205. The van der Waals surface area contributed by atoms with Gasteiger partial charge in [-0.05, 0) is 42.8 Å². The number of hydrogen-bond acceptors (Lipinski definition) is 7. The predicted molar refractivity (Wildman–Crippen MR) is 115 cm³/mol. The van der Waals surface area contributed by atoms with E-state index < -0.39 is 0 Å². The highest BCUT2D eigenvalue weighted by atomic mass is 32.1. The number of methoxy groups -OCH3 is 2. The van der Waals surface area contributed by atoms with Crippen molar-refractivity contribution < 1.29 is 14.6 Å². The van der Waals surface area contributed by atoms with E-state index in [4.69, 9.17) is 9.47 Å². The number of hydrazone groups is 1. The monoisotopic (exact) mass is 395 g/mol. The summed E-state index contributed by atoms with van der Waals surface area (Å²) in [7, 11) is 3.22. The number of ether oxygens (including phenoxy) is 2. The van der Waals surface area contributed by atoms with E-state index in [1.165, 1.54) is 11.3 Å². The molecule has 0 saturated heterocycles. The summed E-state index contributed by atoms with van der Waals surface area (Å²) < 4.78 is 10.6. The number of nitrogens with zero attached hydrogens (tertiary/aromatic N) is 2. The third-order valence-corrected chi connectivity index (χ3v) is 4.68. The molecule has 6 nitrogen and oxygen atoms in total. The fourth-order valence-electron chi connectivity index (χ4n) is 2.49. The van der Waals surface area contributed by atoms with Crippen molar-refractivity contribution in [2.45, 2.75) is 6.92 Å². The van der Waals surface area contributed by atoms with Gasteiger partial charge in [-0.1, -0.05) is 24.3 Å². The van der Waals surface area contributed by atoms with Gasteiger partial charge >= 0.3 is 0 Å². The Balaban J connectivity index is 1.67. The summed E-state index contributed by atoms with van der Waals surface area (Å²) in [5.74, 6) is 1.57. The molecule has 0 spiro atoms. The second-order valence-corrected chi connectivity index (χ2v) is 6.73. The van der Waals surface area contributed by atoms with Crippen LogP contribution in [0.3, 0.4) is 0 Å². The maximum absolute atomic E-state index is 9.93. The predicted octanol–water partition coefficient (Wildman–Crippen LogP) is 5.03. The normalized spacial score (nSPS) is 11.6. The first-order chi connectivity index (χ1) is 13.6. The lowest BCUT2D eigenvalue weighted by Gasteiger charge is -2.07. The van der Waals surface area contributed by atoms with Gasteiger partial charge in [0.1, 0.15) is 5.75 Å². The van der Waals surface area contributed by atoms with Crippen LogP contribution in [0.4, 0.5) is 5.13 Å². The number of benzene rings is 2. The van der Waals surface area contributed by atoms with Gasteiger partial charge in [-0.3, -0.25) is 5.43 Å². The zero-order valence-corrected chi connectivity index (χ0v) is 16.7. The van der Waals surface area contributed by atoms with Crippen molar-refractivity contribution in [1.29, 1.82) is 0 Å². The molecule has 0 radical (unpaired) electrons. The summed E-state index contributed by atoms with van der Waals surface area (Å²) in [6.45, 7) is 1.89. The SMILES string of the molecule is COc1ccc(/C=C/C(C)=N/Nc2nc(-c3ccccc3O)cs2)cc1OC. The third-order valence-electron chi connectivity index (χ3n) is 3.94. The number of phenolic OH excluding ortho intramolecular Hbond substituents is 1. The van der Waals surface area contributed by atoms with Crippen molar-refractivity contribution in [3.8, 4) is 28.5 Å². The van der Waals surface area contributed by atoms with E-state index in [1.807, 2.05) is 54.8 Å². The molecular formula is C21H21N3O3S. The highest BCUT2D eigenvalue weighted by molar-refractivity contribution is 7.14. The Labute approximate surface area is 167 Å². The molecule has 0 bridgehead atoms. The first-order valence-electron chi connectivity index (χ1n) is 8.55. The fraction of sp³-hybridized carbons (Fsp3) is 0.143. The number of allylic oxidation sites excluding steroid dienone is 1. The molecule has 0 fully saturated rings. The van der Waals surface area contributed by atoms with Crippen LogP contribution in [0.15, 0.2) is 59.0 Å². The number of aromatic hydroxyl groups is 1. The van der Waals surface area contributed by atoms with E-state index in [1.54, 1.807) is 26.4 Å². The Kier molecular flexibility index (Phi) is 6.29. The van der Waals surface area contributed by atoms with E-state index >= 15 is 0 Å². The summed E-state index contributed by atoms with van der Waals surface area (Å²) in [6, 6.07) is 12.8. The van der Waals surface area contributed by atoms with Crippen LogP contribution in [-0.2, 0) is 0 Å². The van der Waals surface area contributed by atoms with Crippen molar-refractivity contribution in [2.24, 2.45) is 5.10 Å². The lowest BCUT2D eigenvalue weighted by atomic mass is 10.1. The van der Waals surface area contributed by atoms with Crippen LogP contribution in [0.1, 0.15) is 12.5 Å². The Morgan fingerprint density at radius 3 is 2.68 bits per heavy atom. The lowest BCUT2D eigenvalue weighted by molar-refractivity contribution is 0.355. The first-order valence-corrected chi connectivity index (χ1v) is 9.43. The molecule has 144 valence electrons. The molecule has 0 saturated carbocycles. The smallest absolute Gasteiger partial charge is 0.203 e. The molecule has 28 heavy (non-hydrogen) atoms. The molecule has 2 N–H and O–H groups in total. The molecule has 3 rings (SSSR count). The molecule has 0 aliphatic rings. The summed E-state index contributed by atoms with van der Waals surface area (Å²) in [4.78, 5) is 4.46. The van der Waals surface area contributed by atoms with Gasteiger partial charge in [0.2, 0.25) is 5.13 Å². The third kappa shape index (κ3) is 4.69. The van der Waals surface area contributed by atoms with Crippen molar-refractivity contribution in [2.75, 3.05) is 19.6 Å². The fourth-order valence-corrected chi connectivity index (χ4v) is 3.14. The van der Waals surface area contributed by atoms with E-state index in [-0.39, 0.29) is 5.75 Å². The maximum Gasteiger partial charge on any atom is 0.203 e. The molecule has 0 amide bonds. The summed E-state index contributed by atoms with van der Waals surface area (Å²) in [5, 5.41) is 16.8. The number of aromatic nitrogens is 1. The number of rotatable bonds is 7. The van der Waals surface area contributed by atoms with Crippen LogP contribution in [0.25, 0.3) is 17.3 Å². The van der Waals surface area contributed by atoms with Crippen LogP contribution >= 0.6 is 11.3 Å². The second kappa shape index (κ2) is 9.05. The van der Waals surface area contributed by atoms with E-state index in [9.17, 15) is 5.11 Å². The maximum atomic E-state index is 9.93. The van der Waals surface area contributed by atoms with Gasteiger partial charge in [-0.25, -0.2) is 4.98 Å². The molecule has 0 atom stereocenters. The Morgan fingerprint density at radius 1 is 1.14 bits per heavy atom. The zero-order valence-electron chi connectivity index (χ0n) is 15.8. The molecule has 0 aliphatic heterocycles. The van der Waals surface area contributed by atoms with Crippen molar-refractivity contribution in [3.63, 3.8) is 0 Å². The highest BCUT2D eigenvalue weighted by Gasteiger charge is 2.08. The van der Waals surface area contributed by atoms with Gasteiger partial charge < -0.3 is 14.6 Å². The summed E-state index contributed by atoms with van der Waals surface area (Å²) >= 11 is 1.42. The number of anilines is 1. The average Bonchev–Trinajstić information content (AvgIpc) is 3.19. The molecule has 7 heteroatoms. The van der Waals surface area contributed by atoms with Crippen molar-refractivity contribution >= 4 is 28.3 Å². The Hall–Kier alpha value is -3.32. The van der Waals surface area contributed by atoms with E-state index in [0.717, 1.165) is 11.3 Å². The van der Waals surface area contributed by atoms with Crippen LogP contribution in [0.2, 0.25) is 0 Å². The molecular weight excluding hydrogens is 374 g/mol. The van der Waals surface area contributed by atoms with Crippen LogP contribution < -0.4 is 14.9 Å². The quantitative estimate of drug-likeness (QED) is 0.433. The standard InChI is InChI=1S/C21H21N3O3S/c1-14(8-9-15-10-11-19(26-2)20(12-15)27-3)23-24-21-22-17(13-28-21)16-6-4-5-7-18(16)25/h4-13,25H,1-3H3,(H,22,24)/b9-8+,23-14+. The van der Waals surface area contributed by atoms with Gasteiger partial charge in [0, 0.05) is 10.9 Å². The summed E-state index contributed by atoms with van der Waals surface area (Å²) in [6.07, 6.45) is 3.84. The highest BCUT2D eigenvalue weighted by Crippen LogP contribution is 2.31. The minimum atomic E-state index is 0.205. The average molecular weight is 395 g/mol. The van der Waals surface area contributed by atoms with Crippen molar-refractivity contribution in [3.05, 3.63) is 59.5 Å². The largest absolute Gasteiger partial charge is 0.507 e. The summed E-state index contributed by atoms with van der Waals surface area (Å²) in [5.41, 5.74) is 6.11. The van der Waals surface area contributed by atoms with E-state index in [0.29, 0.717) is 27.9 Å².